The Morgan fingerprint density at radius 1 is 1.17 bits per heavy atom. The van der Waals surface area contributed by atoms with Crippen LogP contribution in [0.25, 0.3) is 10.8 Å². The molecule has 1 atom stereocenters. The second-order valence-electron chi connectivity index (χ2n) is 4.37. The molecule has 2 rings (SSSR count). The molecule has 0 aliphatic rings. The number of rotatable bonds is 6. The van der Waals surface area contributed by atoms with E-state index in [4.69, 9.17) is 9.84 Å². The first-order chi connectivity index (χ1) is 8.83. The summed E-state index contributed by atoms with van der Waals surface area (Å²) < 4.78 is 5.14. The zero-order valence-corrected chi connectivity index (χ0v) is 10.6. The van der Waals surface area contributed by atoms with Gasteiger partial charge >= 0.3 is 0 Å². The number of ether oxygens (including phenoxy) is 1. The van der Waals surface area contributed by atoms with Crippen molar-refractivity contribution in [3.05, 3.63) is 42.5 Å². The molecule has 0 aromatic heterocycles. The Kier molecular flexibility index (Phi) is 4.56. The van der Waals surface area contributed by atoms with Crippen LogP contribution < -0.4 is 5.32 Å². The van der Waals surface area contributed by atoms with Gasteiger partial charge in [-0.25, -0.2) is 0 Å². The Morgan fingerprint density at radius 2 is 1.94 bits per heavy atom. The van der Waals surface area contributed by atoms with Crippen molar-refractivity contribution < 1.29 is 9.84 Å². The van der Waals surface area contributed by atoms with E-state index in [2.05, 4.69) is 35.6 Å². The third-order valence-electron chi connectivity index (χ3n) is 2.97. The number of nitrogens with one attached hydrogen (secondary N) is 1. The SMILES string of the molecule is COCC(CCO)Nc1ccc2ccccc2c1. The topological polar surface area (TPSA) is 41.5 Å². The second kappa shape index (κ2) is 6.38. The number of methoxy groups -OCH3 is 1. The highest BCUT2D eigenvalue weighted by Gasteiger charge is 2.07. The lowest BCUT2D eigenvalue weighted by atomic mass is 10.1. The highest BCUT2D eigenvalue weighted by atomic mass is 16.5. The molecule has 18 heavy (non-hydrogen) atoms. The molecule has 3 nitrogen and oxygen atoms in total. The van der Waals surface area contributed by atoms with E-state index in [0.717, 1.165) is 5.69 Å². The van der Waals surface area contributed by atoms with Crippen molar-refractivity contribution in [1.29, 1.82) is 0 Å². The fourth-order valence-electron chi connectivity index (χ4n) is 2.07. The maximum atomic E-state index is 9.02. The van der Waals surface area contributed by atoms with Crippen LogP contribution in [0.5, 0.6) is 0 Å². The van der Waals surface area contributed by atoms with E-state index >= 15 is 0 Å². The lowest BCUT2D eigenvalue weighted by Gasteiger charge is -2.18. The zero-order valence-electron chi connectivity index (χ0n) is 10.6. The molecule has 0 aliphatic carbocycles. The monoisotopic (exact) mass is 245 g/mol. The number of anilines is 1. The zero-order chi connectivity index (χ0) is 12.8. The lowest BCUT2D eigenvalue weighted by molar-refractivity contribution is 0.170. The Hall–Kier alpha value is -1.58. The van der Waals surface area contributed by atoms with Crippen molar-refractivity contribution in [3.63, 3.8) is 0 Å². The van der Waals surface area contributed by atoms with Crippen molar-refractivity contribution in [1.82, 2.24) is 0 Å². The number of aliphatic hydroxyl groups is 1. The number of hydrogen-bond acceptors (Lipinski definition) is 3. The van der Waals surface area contributed by atoms with E-state index in [1.54, 1.807) is 7.11 Å². The molecule has 0 fully saturated rings. The standard InChI is InChI=1S/C15H19NO2/c1-18-11-15(8-9-17)16-14-7-6-12-4-2-3-5-13(12)10-14/h2-7,10,15-17H,8-9,11H2,1H3. The van der Waals surface area contributed by atoms with E-state index in [-0.39, 0.29) is 12.6 Å². The summed E-state index contributed by atoms with van der Waals surface area (Å²) in [5, 5.41) is 14.8. The predicted molar refractivity (Wildman–Crippen MR) is 74.9 cm³/mol. The molecule has 0 aliphatic heterocycles. The van der Waals surface area contributed by atoms with Crippen LogP contribution in [0.3, 0.4) is 0 Å². The molecular weight excluding hydrogens is 226 g/mol. The van der Waals surface area contributed by atoms with E-state index in [1.807, 2.05) is 12.1 Å². The minimum atomic E-state index is 0.140. The minimum absolute atomic E-state index is 0.140. The van der Waals surface area contributed by atoms with E-state index < -0.39 is 0 Å². The van der Waals surface area contributed by atoms with Gasteiger partial charge in [0.1, 0.15) is 0 Å². The van der Waals surface area contributed by atoms with Crippen molar-refractivity contribution in [2.75, 3.05) is 25.6 Å². The third kappa shape index (κ3) is 3.22. The molecule has 1 unspecified atom stereocenters. The minimum Gasteiger partial charge on any atom is -0.396 e. The van der Waals surface area contributed by atoms with Gasteiger partial charge in [0.05, 0.1) is 12.6 Å². The first-order valence-corrected chi connectivity index (χ1v) is 6.18. The largest absolute Gasteiger partial charge is 0.396 e. The molecule has 3 heteroatoms. The first-order valence-electron chi connectivity index (χ1n) is 6.18. The van der Waals surface area contributed by atoms with Crippen LogP contribution >= 0.6 is 0 Å². The van der Waals surface area contributed by atoms with Crippen LogP contribution in [-0.2, 0) is 4.74 Å². The van der Waals surface area contributed by atoms with Gasteiger partial charge in [-0.05, 0) is 29.3 Å². The number of hydrogen-bond donors (Lipinski definition) is 2. The van der Waals surface area contributed by atoms with E-state index in [0.29, 0.717) is 13.0 Å². The Labute approximate surface area is 107 Å². The summed E-state index contributed by atoms with van der Waals surface area (Å²) in [6.07, 6.45) is 0.681. The van der Waals surface area contributed by atoms with Gasteiger partial charge in [-0.15, -0.1) is 0 Å². The van der Waals surface area contributed by atoms with Crippen molar-refractivity contribution >= 4 is 16.5 Å². The maximum absolute atomic E-state index is 9.02. The highest BCUT2D eigenvalue weighted by Crippen LogP contribution is 2.19. The summed E-state index contributed by atoms with van der Waals surface area (Å²) in [5.41, 5.74) is 1.06. The average molecular weight is 245 g/mol. The van der Waals surface area contributed by atoms with E-state index in [9.17, 15) is 0 Å². The normalized spacial score (nSPS) is 12.6. The molecule has 96 valence electrons. The quantitative estimate of drug-likeness (QED) is 0.822. The molecule has 0 heterocycles. The predicted octanol–water partition coefficient (Wildman–Crippen LogP) is 2.65. The van der Waals surface area contributed by atoms with Gasteiger partial charge in [0.25, 0.3) is 0 Å². The van der Waals surface area contributed by atoms with Gasteiger partial charge in [0.2, 0.25) is 0 Å². The van der Waals surface area contributed by atoms with Crippen molar-refractivity contribution in [2.24, 2.45) is 0 Å². The van der Waals surface area contributed by atoms with Gasteiger partial charge in [-0.3, -0.25) is 0 Å². The number of benzene rings is 2. The highest BCUT2D eigenvalue weighted by molar-refractivity contribution is 5.85. The lowest BCUT2D eigenvalue weighted by Crippen LogP contribution is -2.26. The molecule has 2 aromatic carbocycles. The third-order valence-corrected chi connectivity index (χ3v) is 2.97. The van der Waals surface area contributed by atoms with E-state index in [1.165, 1.54) is 10.8 Å². The van der Waals surface area contributed by atoms with Crippen LogP contribution in [0, 0.1) is 0 Å². The fraction of sp³-hybridized carbons (Fsp3) is 0.333. The second-order valence-corrected chi connectivity index (χ2v) is 4.37. The summed E-state index contributed by atoms with van der Waals surface area (Å²) >= 11 is 0. The smallest absolute Gasteiger partial charge is 0.0664 e. The van der Waals surface area contributed by atoms with Crippen LogP contribution in [0.1, 0.15) is 6.42 Å². The van der Waals surface area contributed by atoms with Gasteiger partial charge in [-0.1, -0.05) is 30.3 Å². The van der Waals surface area contributed by atoms with Crippen LogP contribution in [0.4, 0.5) is 5.69 Å². The molecule has 0 amide bonds. The summed E-state index contributed by atoms with van der Waals surface area (Å²) in [6.45, 7) is 0.752. The van der Waals surface area contributed by atoms with Crippen molar-refractivity contribution in [2.45, 2.75) is 12.5 Å². The Bertz CT molecular complexity index is 493. The maximum Gasteiger partial charge on any atom is 0.0664 e. The van der Waals surface area contributed by atoms with Gasteiger partial charge in [0, 0.05) is 19.4 Å². The number of fused-ring (bicyclic) bond motifs is 1. The Balaban J connectivity index is 2.14. The Morgan fingerprint density at radius 3 is 2.67 bits per heavy atom. The average Bonchev–Trinajstić information content (AvgIpc) is 2.39. The molecule has 0 spiro atoms. The fourth-order valence-corrected chi connectivity index (χ4v) is 2.07. The molecule has 0 saturated carbocycles. The molecule has 2 aromatic rings. The molecule has 0 bridgehead atoms. The van der Waals surface area contributed by atoms with Gasteiger partial charge < -0.3 is 15.2 Å². The molecule has 0 saturated heterocycles. The summed E-state index contributed by atoms with van der Waals surface area (Å²) in [4.78, 5) is 0. The van der Waals surface area contributed by atoms with Crippen LogP contribution in [-0.4, -0.2) is 31.5 Å². The molecule has 2 N–H and O–H groups in total. The summed E-state index contributed by atoms with van der Waals surface area (Å²) in [7, 11) is 1.67. The van der Waals surface area contributed by atoms with Crippen LogP contribution in [0.15, 0.2) is 42.5 Å². The van der Waals surface area contributed by atoms with Gasteiger partial charge in [-0.2, -0.15) is 0 Å². The summed E-state index contributed by atoms with van der Waals surface area (Å²) in [6, 6.07) is 14.7. The first kappa shape index (κ1) is 12.9. The van der Waals surface area contributed by atoms with Crippen molar-refractivity contribution in [3.8, 4) is 0 Å². The summed E-state index contributed by atoms with van der Waals surface area (Å²) in [5.74, 6) is 0. The van der Waals surface area contributed by atoms with Crippen LogP contribution in [0.2, 0.25) is 0 Å². The van der Waals surface area contributed by atoms with Gasteiger partial charge in [0.15, 0.2) is 0 Å². The molecular formula is C15H19NO2. The molecule has 0 radical (unpaired) electrons. The number of aliphatic hydroxyl groups excluding tert-OH is 1.